The van der Waals surface area contributed by atoms with E-state index in [4.69, 9.17) is 35.7 Å². The van der Waals surface area contributed by atoms with Crippen LogP contribution < -0.4 is 9.64 Å². The summed E-state index contributed by atoms with van der Waals surface area (Å²) in [5, 5.41) is 27.4. The second-order valence-electron chi connectivity index (χ2n) is 9.45. The van der Waals surface area contributed by atoms with Gasteiger partial charge in [-0.15, -0.1) is 0 Å². The number of carboxylic acids is 1. The number of rotatable bonds is 4. The quantitative estimate of drug-likeness (QED) is 0.372. The molecule has 1 aromatic heterocycles. The minimum Gasteiger partial charge on any atom is -0.475 e. The van der Waals surface area contributed by atoms with Gasteiger partial charge < -0.3 is 39.4 Å². The molecule has 3 fully saturated rings. The first-order valence-electron chi connectivity index (χ1n) is 12.1. The van der Waals surface area contributed by atoms with Crippen molar-refractivity contribution < 1.29 is 47.5 Å². The number of alkyl halides is 3. The highest BCUT2D eigenvalue weighted by atomic mass is 35.5. The van der Waals surface area contributed by atoms with Crippen molar-refractivity contribution in [2.24, 2.45) is 0 Å². The highest BCUT2D eigenvalue weighted by Crippen LogP contribution is 2.35. The van der Waals surface area contributed by atoms with E-state index in [0.717, 1.165) is 40.8 Å². The summed E-state index contributed by atoms with van der Waals surface area (Å²) in [7, 11) is 0. The fourth-order valence-corrected chi connectivity index (χ4v) is 5.07. The number of halogens is 4. The normalized spacial score (nSPS) is 26.4. The van der Waals surface area contributed by atoms with E-state index < -0.39 is 18.2 Å². The van der Waals surface area contributed by atoms with E-state index in [0.29, 0.717) is 24.2 Å². The Morgan fingerprint density at radius 2 is 1.82 bits per heavy atom. The minimum atomic E-state index is -5.08. The lowest BCUT2D eigenvalue weighted by Gasteiger charge is -2.18. The van der Waals surface area contributed by atoms with Gasteiger partial charge in [-0.05, 0) is 36.2 Å². The third-order valence-corrected chi connectivity index (χ3v) is 7.06. The predicted octanol–water partition coefficient (Wildman–Crippen LogP) is 2.99. The summed E-state index contributed by atoms with van der Waals surface area (Å²) >= 11 is 6.59. The Labute approximate surface area is 224 Å². The van der Waals surface area contributed by atoms with Crippen LogP contribution in [0.4, 0.5) is 18.9 Å². The van der Waals surface area contributed by atoms with Crippen LogP contribution in [0.25, 0.3) is 22.2 Å². The molecule has 6 rings (SSSR count). The molecule has 39 heavy (non-hydrogen) atoms. The number of nitrogens with one attached hydrogen (secondary N) is 1. The van der Waals surface area contributed by atoms with E-state index >= 15 is 0 Å². The van der Waals surface area contributed by atoms with Gasteiger partial charge >= 0.3 is 12.1 Å². The van der Waals surface area contributed by atoms with Crippen LogP contribution in [0.5, 0.6) is 6.01 Å². The summed E-state index contributed by atoms with van der Waals surface area (Å²) in [6.07, 6.45) is -6.13. The number of aromatic nitrogens is 2. The Morgan fingerprint density at radius 3 is 2.46 bits per heavy atom. The number of carboxylic acid groups (broad SMARTS) is 1. The summed E-state index contributed by atoms with van der Waals surface area (Å²) in [4.78, 5) is 18.8. The van der Waals surface area contributed by atoms with Crippen molar-refractivity contribution in [2.45, 2.75) is 43.1 Å². The number of fused-ring (bicyclic) bond motifs is 2. The molecule has 0 radical (unpaired) electrons. The molecule has 3 aliphatic rings. The largest absolute Gasteiger partial charge is 0.490 e. The SMILES string of the molecule is O=C(O)C(F)(F)F.O[C@H]1CCN(c2ccc(-c3cc4nc(O[C@@H]5CO[C@H]6[C@@H]5OC[C@H]6O)[nH]c4cc3Cl)cc2)C1. The van der Waals surface area contributed by atoms with Gasteiger partial charge in [-0.1, -0.05) is 23.7 Å². The zero-order chi connectivity index (χ0) is 27.9. The molecule has 10 nitrogen and oxygen atoms in total. The number of carbonyl (C=O) groups is 1. The standard InChI is InChI=1S/C23H24ClN3O5.C2HF3O2/c24-16-8-18-17(25-23(26-18)32-20-11-31-21-19(29)10-30-22(20)21)7-15(16)12-1-3-13(4-2-12)27-6-5-14(28)9-27;3-2(4,5)1(6)7/h1-4,7-8,14,19-22,28-29H,5-6,9-11H2,(H,25,26);(H,6,7)/t14-,19+,20+,21+,22+;/m0./s1. The average Bonchev–Trinajstić information content (AvgIpc) is 3.66. The second kappa shape index (κ2) is 10.8. The molecular formula is C25H25ClF3N3O7. The molecule has 0 spiro atoms. The molecule has 0 bridgehead atoms. The molecule has 4 N–H and O–H groups in total. The molecule has 0 amide bonds. The molecule has 3 aromatic rings. The molecule has 210 valence electrons. The predicted molar refractivity (Wildman–Crippen MR) is 133 cm³/mol. The molecule has 0 saturated carbocycles. The summed E-state index contributed by atoms with van der Waals surface area (Å²) in [6, 6.07) is 12.3. The number of aromatic amines is 1. The average molecular weight is 572 g/mol. The number of aliphatic hydroxyl groups excluding tert-OH is 2. The van der Waals surface area contributed by atoms with Gasteiger partial charge in [0.25, 0.3) is 6.01 Å². The zero-order valence-corrected chi connectivity index (χ0v) is 21.0. The van der Waals surface area contributed by atoms with Crippen molar-refractivity contribution in [3.05, 3.63) is 41.4 Å². The fourth-order valence-electron chi connectivity index (χ4n) is 4.80. The fraction of sp³-hybridized carbons (Fsp3) is 0.440. The monoisotopic (exact) mass is 571 g/mol. The van der Waals surface area contributed by atoms with E-state index in [9.17, 15) is 23.4 Å². The molecule has 0 unspecified atom stereocenters. The van der Waals surface area contributed by atoms with Crippen molar-refractivity contribution in [1.82, 2.24) is 9.97 Å². The van der Waals surface area contributed by atoms with Crippen molar-refractivity contribution >= 4 is 34.3 Å². The molecule has 3 saturated heterocycles. The maximum Gasteiger partial charge on any atom is 0.490 e. The van der Waals surface area contributed by atoms with E-state index in [1.54, 1.807) is 0 Å². The number of nitrogens with zero attached hydrogens (tertiary/aromatic N) is 2. The molecular weight excluding hydrogens is 547 g/mol. The summed E-state index contributed by atoms with van der Waals surface area (Å²) in [5.74, 6) is -2.76. The third kappa shape index (κ3) is 5.92. The number of aliphatic hydroxyl groups is 2. The summed E-state index contributed by atoms with van der Waals surface area (Å²) in [6.45, 7) is 2.13. The number of hydrogen-bond donors (Lipinski definition) is 4. The van der Waals surface area contributed by atoms with Crippen LogP contribution in [-0.2, 0) is 14.3 Å². The van der Waals surface area contributed by atoms with Gasteiger partial charge in [-0.3, -0.25) is 0 Å². The second-order valence-corrected chi connectivity index (χ2v) is 9.86. The van der Waals surface area contributed by atoms with Crippen molar-refractivity contribution in [3.63, 3.8) is 0 Å². The lowest BCUT2D eigenvalue weighted by atomic mass is 10.0. The van der Waals surface area contributed by atoms with E-state index in [-0.39, 0.29) is 31.0 Å². The number of imidazole rings is 1. The van der Waals surface area contributed by atoms with E-state index in [1.807, 2.05) is 24.3 Å². The smallest absolute Gasteiger partial charge is 0.475 e. The Balaban J connectivity index is 0.000000392. The maximum atomic E-state index is 10.6. The van der Waals surface area contributed by atoms with Gasteiger partial charge in [0.2, 0.25) is 0 Å². The summed E-state index contributed by atoms with van der Waals surface area (Å²) in [5.41, 5.74) is 4.49. The van der Waals surface area contributed by atoms with Crippen LogP contribution in [0.15, 0.2) is 36.4 Å². The van der Waals surface area contributed by atoms with Gasteiger partial charge in [-0.2, -0.15) is 18.2 Å². The van der Waals surface area contributed by atoms with Gasteiger partial charge in [0.1, 0.15) is 18.3 Å². The van der Waals surface area contributed by atoms with Crippen LogP contribution in [0.3, 0.4) is 0 Å². The Hall–Kier alpha value is -3.10. The van der Waals surface area contributed by atoms with E-state index in [1.165, 1.54) is 0 Å². The van der Waals surface area contributed by atoms with Gasteiger partial charge in [0.15, 0.2) is 6.10 Å². The maximum absolute atomic E-state index is 10.6. The lowest BCUT2D eigenvalue weighted by Crippen LogP contribution is -2.34. The first-order valence-corrected chi connectivity index (χ1v) is 12.5. The van der Waals surface area contributed by atoms with Crippen molar-refractivity contribution in [3.8, 4) is 17.1 Å². The molecule has 2 aromatic carbocycles. The van der Waals surface area contributed by atoms with Gasteiger partial charge in [-0.25, -0.2) is 4.79 Å². The Morgan fingerprint density at radius 1 is 1.13 bits per heavy atom. The molecule has 14 heteroatoms. The topological polar surface area (TPSA) is 137 Å². The van der Waals surface area contributed by atoms with Crippen LogP contribution in [0.2, 0.25) is 5.02 Å². The number of β-amino-alcohol motifs (C(OH)–C–C–N with tert-alkyl or cyclic N) is 1. The molecule has 4 heterocycles. The van der Waals surface area contributed by atoms with E-state index in [2.05, 4.69) is 27.0 Å². The molecule has 0 aliphatic carbocycles. The third-order valence-electron chi connectivity index (χ3n) is 6.74. The first kappa shape index (κ1) is 27.5. The Bertz CT molecular complexity index is 1340. The van der Waals surface area contributed by atoms with Crippen LogP contribution in [0, 0.1) is 0 Å². The lowest BCUT2D eigenvalue weighted by molar-refractivity contribution is -0.192. The highest BCUT2D eigenvalue weighted by Gasteiger charge is 2.48. The zero-order valence-electron chi connectivity index (χ0n) is 20.3. The van der Waals surface area contributed by atoms with Gasteiger partial charge in [0.05, 0.1) is 35.4 Å². The molecule has 5 atom stereocenters. The van der Waals surface area contributed by atoms with Crippen LogP contribution in [-0.4, -0.2) is 94.3 Å². The number of H-pyrrole nitrogens is 1. The molecule has 3 aliphatic heterocycles. The number of hydrogen-bond acceptors (Lipinski definition) is 8. The number of ether oxygens (including phenoxy) is 3. The number of benzene rings is 2. The summed E-state index contributed by atoms with van der Waals surface area (Å²) < 4.78 is 49.0. The minimum absolute atomic E-state index is 0.255. The first-order chi connectivity index (χ1) is 18.5. The van der Waals surface area contributed by atoms with Gasteiger partial charge in [0, 0.05) is 24.3 Å². The number of anilines is 1. The number of aliphatic carboxylic acids is 1. The van der Waals surface area contributed by atoms with Crippen molar-refractivity contribution in [2.75, 3.05) is 31.2 Å². The highest BCUT2D eigenvalue weighted by molar-refractivity contribution is 6.34. The van der Waals surface area contributed by atoms with Crippen LogP contribution in [0.1, 0.15) is 6.42 Å². The Kier molecular flexibility index (Phi) is 7.62. The van der Waals surface area contributed by atoms with Crippen LogP contribution >= 0.6 is 11.6 Å². The van der Waals surface area contributed by atoms with Crippen molar-refractivity contribution in [1.29, 1.82) is 0 Å².